The average Bonchev–Trinajstić information content (AvgIpc) is 2.61. The van der Waals surface area contributed by atoms with Crippen LogP contribution in [0.5, 0.6) is 11.5 Å². The van der Waals surface area contributed by atoms with Crippen molar-refractivity contribution in [1.82, 2.24) is 0 Å². The Bertz CT molecular complexity index is 777. The van der Waals surface area contributed by atoms with Crippen LogP contribution in [-0.4, -0.2) is 19.9 Å². The van der Waals surface area contributed by atoms with Crippen molar-refractivity contribution in [1.29, 1.82) is 0 Å². The summed E-state index contributed by atoms with van der Waals surface area (Å²) in [6.07, 6.45) is 5.34. The van der Waals surface area contributed by atoms with Gasteiger partial charge in [0.25, 0.3) is 0 Å². The molecule has 0 bridgehead atoms. The molecule has 0 aromatic heterocycles. The molecule has 0 spiro atoms. The van der Waals surface area contributed by atoms with Gasteiger partial charge in [-0.25, -0.2) is 4.39 Å². The van der Waals surface area contributed by atoms with Gasteiger partial charge in [0, 0.05) is 5.56 Å². The zero-order chi connectivity index (χ0) is 18.9. The minimum atomic E-state index is -0.341. The van der Waals surface area contributed by atoms with E-state index in [2.05, 4.69) is 9.99 Å². The first-order valence-electron chi connectivity index (χ1n) is 8.38. The average molecular weight is 357 g/mol. The summed E-state index contributed by atoms with van der Waals surface area (Å²) in [5.41, 5.74) is 3.00. The van der Waals surface area contributed by atoms with Crippen LogP contribution >= 0.6 is 0 Å². The topological polar surface area (TPSA) is 40.0 Å². The standard InChI is InChI=1S/C21H24FNO3/c1-5-6-9-25-19-10-15(2)21(16(3)11-19)26-14-18-8-7-17(12-20(18)22)13-23-24-4/h5-8,10-13H,9,14H2,1-4H3/b6-5+,23-13+. The highest BCUT2D eigenvalue weighted by atomic mass is 19.1. The maximum Gasteiger partial charge on any atom is 0.130 e. The van der Waals surface area contributed by atoms with Gasteiger partial charge >= 0.3 is 0 Å². The molecule has 0 aliphatic carbocycles. The molecular weight excluding hydrogens is 333 g/mol. The third-order valence-electron chi connectivity index (χ3n) is 3.77. The van der Waals surface area contributed by atoms with Crippen LogP contribution in [-0.2, 0) is 11.4 Å². The van der Waals surface area contributed by atoms with Crippen molar-refractivity contribution < 1.29 is 18.7 Å². The van der Waals surface area contributed by atoms with Gasteiger partial charge in [-0.2, -0.15) is 0 Å². The third-order valence-corrected chi connectivity index (χ3v) is 3.77. The van der Waals surface area contributed by atoms with Gasteiger partial charge in [-0.15, -0.1) is 0 Å². The summed E-state index contributed by atoms with van der Waals surface area (Å²) in [6, 6.07) is 8.70. The highest BCUT2D eigenvalue weighted by molar-refractivity contribution is 5.79. The van der Waals surface area contributed by atoms with Gasteiger partial charge in [0.1, 0.15) is 37.6 Å². The van der Waals surface area contributed by atoms with E-state index in [-0.39, 0.29) is 12.4 Å². The minimum absolute atomic E-state index is 0.147. The highest BCUT2D eigenvalue weighted by Crippen LogP contribution is 2.29. The molecular formula is C21H24FNO3. The Labute approximate surface area is 153 Å². The Hall–Kier alpha value is -2.82. The summed E-state index contributed by atoms with van der Waals surface area (Å²) in [5, 5.41) is 3.63. The summed E-state index contributed by atoms with van der Waals surface area (Å²) in [7, 11) is 1.44. The quantitative estimate of drug-likeness (QED) is 0.381. The van der Waals surface area contributed by atoms with E-state index in [0.29, 0.717) is 17.7 Å². The Morgan fingerprint density at radius 2 is 1.81 bits per heavy atom. The van der Waals surface area contributed by atoms with Gasteiger partial charge in [-0.3, -0.25) is 0 Å². The number of halogens is 1. The Morgan fingerprint density at radius 3 is 2.42 bits per heavy atom. The van der Waals surface area contributed by atoms with Gasteiger partial charge < -0.3 is 14.3 Å². The van der Waals surface area contributed by atoms with Gasteiger partial charge in [-0.1, -0.05) is 29.4 Å². The number of oxime groups is 1. The highest BCUT2D eigenvalue weighted by Gasteiger charge is 2.10. The van der Waals surface area contributed by atoms with Crippen LogP contribution in [0.25, 0.3) is 0 Å². The lowest BCUT2D eigenvalue weighted by atomic mass is 10.1. The van der Waals surface area contributed by atoms with E-state index in [4.69, 9.17) is 9.47 Å². The van der Waals surface area contributed by atoms with Crippen molar-refractivity contribution in [3.05, 3.63) is 70.6 Å². The van der Waals surface area contributed by atoms with Crippen molar-refractivity contribution in [2.24, 2.45) is 5.16 Å². The number of rotatable bonds is 8. The molecule has 0 aliphatic rings. The van der Waals surface area contributed by atoms with Gasteiger partial charge in [0.2, 0.25) is 0 Å². The number of aryl methyl sites for hydroxylation is 2. The molecule has 2 aromatic carbocycles. The molecule has 4 nitrogen and oxygen atoms in total. The minimum Gasteiger partial charge on any atom is -0.490 e. The molecule has 0 fully saturated rings. The van der Waals surface area contributed by atoms with Crippen molar-refractivity contribution in [2.75, 3.05) is 13.7 Å². The lowest BCUT2D eigenvalue weighted by molar-refractivity contribution is 0.215. The maximum absolute atomic E-state index is 14.2. The monoisotopic (exact) mass is 357 g/mol. The molecule has 0 saturated heterocycles. The van der Waals surface area contributed by atoms with Crippen LogP contribution in [0, 0.1) is 19.7 Å². The second-order valence-corrected chi connectivity index (χ2v) is 5.82. The molecule has 2 rings (SSSR count). The van der Waals surface area contributed by atoms with Gasteiger partial charge in [0.05, 0.1) is 6.21 Å². The molecule has 0 amide bonds. The number of hydrogen-bond acceptors (Lipinski definition) is 4. The van der Waals surface area contributed by atoms with E-state index in [1.165, 1.54) is 19.4 Å². The molecule has 0 unspecified atom stereocenters. The number of ether oxygens (including phenoxy) is 2. The molecule has 0 saturated carbocycles. The smallest absolute Gasteiger partial charge is 0.130 e. The first kappa shape index (κ1) is 19.5. The number of nitrogens with zero attached hydrogens (tertiary/aromatic N) is 1. The molecule has 2 aromatic rings. The largest absolute Gasteiger partial charge is 0.490 e. The number of benzene rings is 2. The van der Waals surface area contributed by atoms with Crippen molar-refractivity contribution in [3.8, 4) is 11.5 Å². The molecule has 5 heteroatoms. The predicted molar refractivity (Wildman–Crippen MR) is 102 cm³/mol. The summed E-state index contributed by atoms with van der Waals surface area (Å²) < 4.78 is 25.7. The van der Waals surface area contributed by atoms with Crippen molar-refractivity contribution in [3.63, 3.8) is 0 Å². The van der Waals surface area contributed by atoms with E-state index in [0.717, 1.165) is 22.6 Å². The van der Waals surface area contributed by atoms with E-state index < -0.39 is 0 Å². The lowest BCUT2D eigenvalue weighted by Gasteiger charge is -2.15. The summed E-state index contributed by atoms with van der Waals surface area (Å²) in [4.78, 5) is 4.60. The first-order chi connectivity index (χ1) is 12.5. The van der Waals surface area contributed by atoms with Crippen LogP contribution in [0.4, 0.5) is 4.39 Å². The van der Waals surface area contributed by atoms with Crippen molar-refractivity contribution in [2.45, 2.75) is 27.4 Å². The predicted octanol–water partition coefficient (Wildman–Crippen LogP) is 4.96. The Kier molecular flexibility index (Phi) is 7.21. The lowest BCUT2D eigenvalue weighted by Crippen LogP contribution is -2.03. The van der Waals surface area contributed by atoms with E-state index >= 15 is 0 Å². The number of allylic oxidation sites excluding steroid dienone is 1. The molecule has 0 aliphatic heterocycles. The zero-order valence-electron chi connectivity index (χ0n) is 15.6. The zero-order valence-corrected chi connectivity index (χ0v) is 15.6. The number of hydrogen-bond donors (Lipinski definition) is 0. The van der Waals surface area contributed by atoms with Crippen LogP contribution in [0.2, 0.25) is 0 Å². The fourth-order valence-electron chi connectivity index (χ4n) is 2.49. The molecule has 0 N–H and O–H groups in total. The SMILES string of the molecule is C/C=C/COc1cc(C)c(OCc2ccc(/C=N/OC)cc2F)c(C)c1. The normalized spacial score (nSPS) is 11.3. The van der Waals surface area contributed by atoms with Crippen molar-refractivity contribution >= 4 is 6.21 Å². The second kappa shape index (κ2) is 9.61. The maximum atomic E-state index is 14.2. The summed E-state index contributed by atoms with van der Waals surface area (Å²) in [6.45, 7) is 6.53. The van der Waals surface area contributed by atoms with Crippen LogP contribution in [0.1, 0.15) is 29.2 Å². The van der Waals surface area contributed by atoms with E-state index in [9.17, 15) is 4.39 Å². The van der Waals surface area contributed by atoms with Gasteiger partial charge in [-0.05, 0) is 55.7 Å². The van der Waals surface area contributed by atoms with Crippen LogP contribution in [0.3, 0.4) is 0 Å². The summed E-state index contributed by atoms with van der Waals surface area (Å²) >= 11 is 0. The van der Waals surface area contributed by atoms with E-state index in [1.807, 2.05) is 45.1 Å². The first-order valence-corrected chi connectivity index (χ1v) is 8.38. The Balaban J connectivity index is 2.08. The summed E-state index contributed by atoms with van der Waals surface area (Å²) in [5.74, 6) is 1.19. The second-order valence-electron chi connectivity index (χ2n) is 5.82. The van der Waals surface area contributed by atoms with Crippen LogP contribution < -0.4 is 9.47 Å². The molecule has 0 heterocycles. The van der Waals surface area contributed by atoms with E-state index in [1.54, 1.807) is 12.1 Å². The molecule has 26 heavy (non-hydrogen) atoms. The fourth-order valence-corrected chi connectivity index (χ4v) is 2.49. The molecule has 138 valence electrons. The third kappa shape index (κ3) is 5.34. The Morgan fingerprint density at radius 1 is 1.08 bits per heavy atom. The molecule has 0 atom stereocenters. The van der Waals surface area contributed by atoms with Gasteiger partial charge in [0.15, 0.2) is 0 Å². The molecule has 0 radical (unpaired) electrons. The fraction of sp³-hybridized carbons (Fsp3) is 0.286. The van der Waals surface area contributed by atoms with Crippen LogP contribution in [0.15, 0.2) is 47.6 Å².